The van der Waals surface area contributed by atoms with Crippen LogP contribution < -0.4 is 10.6 Å². The molecule has 1 aliphatic heterocycles. The molecule has 1 fully saturated rings. The van der Waals surface area contributed by atoms with E-state index >= 15 is 0 Å². The minimum atomic E-state index is -4.60. The monoisotopic (exact) mass is 290 g/mol. The van der Waals surface area contributed by atoms with E-state index in [-0.39, 0.29) is 17.0 Å². The van der Waals surface area contributed by atoms with Crippen molar-refractivity contribution in [1.29, 1.82) is 0 Å². The number of nitrogens with two attached hydrogens (primary N) is 1. The van der Waals surface area contributed by atoms with Gasteiger partial charge in [-0.3, -0.25) is 0 Å². The molecular formula is C12H16F2N2O2S. The molecule has 0 spiro atoms. The number of hydrogen-bond acceptors (Lipinski definition) is 4. The van der Waals surface area contributed by atoms with E-state index in [0.717, 1.165) is 0 Å². The van der Waals surface area contributed by atoms with Crippen LogP contribution in [0.25, 0.3) is 0 Å². The summed E-state index contributed by atoms with van der Waals surface area (Å²) < 4.78 is 48.8. The lowest BCUT2D eigenvalue weighted by Gasteiger charge is -2.27. The predicted octanol–water partition coefficient (Wildman–Crippen LogP) is 1.61. The molecule has 106 valence electrons. The van der Waals surface area contributed by atoms with Gasteiger partial charge < -0.3 is 10.6 Å². The van der Waals surface area contributed by atoms with Gasteiger partial charge in [-0.2, -0.15) is 8.78 Å². The summed E-state index contributed by atoms with van der Waals surface area (Å²) in [5, 5.41) is 0. The molecule has 1 aromatic rings. The van der Waals surface area contributed by atoms with E-state index in [1.165, 1.54) is 12.1 Å². The van der Waals surface area contributed by atoms with E-state index in [0.29, 0.717) is 18.7 Å². The van der Waals surface area contributed by atoms with Crippen LogP contribution in [0.1, 0.15) is 13.3 Å². The molecule has 19 heavy (non-hydrogen) atoms. The Bertz CT molecular complexity index is 563. The van der Waals surface area contributed by atoms with Gasteiger partial charge in [-0.25, -0.2) is 8.42 Å². The van der Waals surface area contributed by atoms with Gasteiger partial charge in [0.05, 0.1) is 10.6 Å². The van der Waals surface area contributed by atoms with Crippen LogP contribution in [0.3, 0.4) is 0 Å². The largest absolute Gasteiger partial charge is 0.366 e. The third-order valence-corrected chi connectivity index (χ3v) is 4.96. The Morgan fingerprint density at radius 2 is 2.00 bits per heavy atom. The smallest absolute Gasteiger partial charge is 0.341 e. The Morgan fingerprint density at radius 1 is 1.37 bits per heavy atom. The van der Waals surface area contributed by atoms with Crippen molar-refractivity contribution in [2.45, 2.75) is 36.1 Å². The van der Waals surface area contributed by atoms with Gasteiger partial charge in [-0.1, -0.05) is 12.1 Å². The Morgan fingerprint density at radius 3 is 2.53 bits per heavy atom. The predicted molar refractivity (Wildman–Crippen MR) is 69.0 cm³/mol. The van der Waals surface area contributed by atoms with Crippen LogP contribution in [0.2, 0.25) is 0 Å². The third kappa shape index (κ3) is 2.44. The molecule has 2 rings (SSSR count). The van der Waals surface area contributed by atoms with Gasteiger partial charge in [0.1, 0.15) is 0 Å². The highest BCUT2D eigenvalue weighted by Gasteiger charge is 2.34. The number of benzene rings is 1. The fraction of sp³-hybridized carbons (Fsp3) is 0.500. The first kappa shape index (κ1) is 14.2. The summed E-state index contributed by atoms with van der Waals surface area (Å²) in [6.45, 7) is 2.43. The van der Waals surface area contributed by atoms with E-state index in [1.807, 2.05) is 6.92 Å². The Labute approximate surface area is 111 Å². The van der Waals surface area contributed by atoms with E-state index < -0.39 is 15.6 Å². The van der Waals surface area contributed by atoms with Crippen LogP contribution in [-0.2, 0) is 9.84 Å². The molecule has 1 aromatic carbocycles. The van der Waals surface area contributed by atoms with Crippen molar-refractivity contribution in [2.75, 3.05) is 11.4 Å². The number of sulfone groups is 1. The number of alkyl halides is 2. The number of rotatable bonds is 3. The van der Waals surface area contributed by atoms with Crippen LogP contribution >= 0.6 is 0 Å². The molecule has 0 amide bonds. The van der Waals surface area contributed by atoms with Crippen LogP contribution in [0.4, 0.5) is 14.5 Å². The van der Waals surface area contributed by atoms with Crippen molar-refractivity contribution in [2.24, 2.45) is 5.73 Å². The maximum atomic E-state index is 12.7. The summed E-state index contributed by atoms with van der Waals surface area (Å²) in [5.41, 5.74) is 6.19. The fourth-order valence-corrected chi connectivity index (χ4v) is 3.27. The fourth-order valence-electron chi connectivity index (χ4n) is 2.33. The lowest BCUT2D eigenvalue weighted by molar-refractivity contribution is 0.235. The number of hydrogen-bond donors (Lipinski definition) is 1. The molecule has 0 aliphatic carbocycles. The number of para-hydroxylation sites is 1. The molecule has 2 unspecified atom stereocenters. The Balaban J connectivity index is 2.49. The molecule has 2 N–H and O–H groups in total. The molecule has 1 heterocycles. The molecule has 0 radical (unpaired) electrons. The summed E-state index contributed by atoms with van der Waals surface area (Å²) in [6.07, 6.45) is 0.713. The summed E-state index contributed by atoms with van der Waals surface area (Å²) >= 11 is 0. The number of halogens is 2. The molecule has 0 saturated carbocycles. The SMILES string of the molecule is CC1C(N)CCN1c1ccccc1S(=O)(=O)C(F)F. The van der Waals surface area contributed by atoms with Crippen molar-refractivity contribution in [3.05, 3.63) is 24.3 Å². The highest BCUT2D eigenvalue weighted by atomic mass is 32.2. The van der Waals surface area contributed by atoms with E-state index in [1.54, 1.807) is 17.0 Å². The highest BCUT2D eigenvalue weighted by Crippen LogP contribution is 2.33. The second-order valence-electron chi connectivity index (χ2n) is 4.66. The van der Waals surface area contributed by atoms with Crippen LogP contribution in [0, 0.1) is 0 Å². The average molecular weight is 290 g/mol. The average Bonchev–Trinajstić information content (AvgIpc) is 2.70. The minimum Gasteiger partial charge on any atom is -0.366 e. The molecule has 2 atom stereocenters. The second-order valence-corrected chi connectivity index (χ2v) is 6.55. The molecule has 0 aromatic heterocycles. The van der Waals surface area contributed by atoms with Crippen molar-refractivity contribution in [3.8, 4) is 0 Å². The number of nitrogens with zero attached hydrogens (tertiary/aromatic N) is 1. The van der Waals surface area contributed by atoms with Crippen molar-refractivity contribution in [1.82, 2.24) is 0 Å². The topological polar surface area (TPSA) is 63.4 Å². The molecule has 0 bridgehead atoms. The van der Waals surface area contributed by atoms with Crippen molar-refractivity contribution < 1.29 is 17.2 Å². The molecule has 7 heteroatoms. The van der Waals surface area contributed by atoms with E-state index in [9.17, 15) is 17.2 Å². The first-order valence-corrected chi connectivity index (χ1v) is 7.53. The maximum absolute atomic E-state index is 12.7. The summed E-state index contributed by atoms with van der Waals surface area (Å²) in [4.78, 5) is 1.45. The molecular weight excluding hydrogens is 274 g/mol. The van der Waals surface area contributed by atoms with Gasteiger partial charge in [0.25, 0.3) is 0 Å². The normalized spacial score (nSPS) is 24.2. The molecule has 1 saturated heterocycles. The molecule has 1 aliphatic rings. The second kappa shape index (κ2) is 5.05. The van der Waals surface area contributed by atoms with Gasteiger partial charge in [-0.05, 0) is 25.5 Å². The van der Waals surface area contributed by atoms with Crippen LogP contribution in [0.5, 0.6) is 0 Å². The zero-order valence-electron chi connectivity index (χ0n) is 10.5. The lowest BCUT2D eigenvalue weighted by atomic mass is 10.1. The summed E-state index contributed by atoms with van der Waals surface area (Å²) in [6, 6.07) is 5.68. The first-order chi connectivity index (χ1) is 8.85. The summed E-state index contributed by atoms with van der Waals surface area (Å²) in [7, 11) is -4.60. The highest BCUT2D eigenvalue weighted by molar-refractivity contribution is 7.91. The Hall–Kier alpha value is -1.21. The van der Waals surface area contributed by atoms with Gasteiger partial charge in [0.15, 0.2) is 0 Å². The van der Waals surface area contributed by atoms with Gasteiger partial charge >= 0.3 is 5.76 Å². The zero-order chi connectivity index (χ0) is 14.2. The van der Waals surface area contributed by atoms with Crippen LogP contribution in [0.15, 0.2) is 29.2 Å². The van der Waals surface area contributed by atoms with Crippen molar-refractivity contribution in [3.63, 3.8) is 0 Å². The Kier molecular flexibility index (Phi) is 3.78. The van der Waals surface area contributed by atoms with Gasteiger partial charge in [0, 0.05) is 18.6 Å². The first-order valence-electron chi connectivity index (χ1n) is 5.99. The summed E-state index contributed by atoms with van der Waals surface area (Å²) in [5.74, 6) is -3.42. The van der Waals surface area contributed by atoms with Gasteiger partial charge in [-0.15, -0.1) is 0 Å². The van der Waals surface area contributed by atoms with Gasteiger partial charge in [0.2, 0.25) is 9.84 Å². The van der Waals surface area contributed by atoms with Crippen LogP contribution in [-0.4, -0.2) is 32.8 Å². The third-order valence-electron chi connectivity index (χ3n) is 3.53. The van der Waals surface area contributed by atoms with Crippen molar-refractivity contribution >= 4 is 15.5 Å². The zero-order valence-corrected chi connectivity index (χ0v) is 11.3. The molecule has 4 nitrogen and oxygen atoms in total. The minimum absolute atomic E-state index is 0.0750. The maximum Gasteiger partial charge on any atom is 0.341 e. The number of anilines is 1. The quantitative estimate of drug-likeness (QED) is 0.918. The lowest BCUT2D eigenvalue weighted by Crippen LogP contribution is -2.37. The van der Waals surface area contributed by atoms with E-state index in [2.05, 4.69) is 0 Å². The van der Waals surface area contributed by atoms with E-state index in [4.69, 9.17) is 5.73 Å². The standard InChI is InChI=1S/C12H16F2N2O2S/c1-8-9(15)6-7-16(8)10-4-2-3-5-11(10)19(17,18)12(13)14/h2-5,8-9,12H,6-7,15H2,1H3.